The van der Waals surface area contributed by atoms with Crippen LogP contribution in [0.4, 0.5) is 0 Å². The van der Waals surface area contributed by atoms with E-state index in [9.17, 15) is 15.0 Å². The van der Waals surface area contributed by atoms with Crippen molar-refractivity contribution in [2.45, 2.75) is 51.4 Å². The van der Waals surface area contributed by atoms with Crippen LogP contribution in [0.25, 0.3) is 0 Å². The summed E-state index contributed by atoms with van der Waals surface area (Å²) in [5.41, 5.74) is 1.90. The number of carboxylic acid groups (broad SMARTS) is 1. The summed E-state index contributed by atoms with van der Waals surface area (Å²) in [7, 11) is 2.98. The van der Waals surface area contributed by atoms with Crippen molar-refractivity contribution in [3.63, 3.8) is 0 Å². The topological polar surface area (TPSA) is 85.2 Å². The number of hydrogen-bond donors (Lipinski definition) is 2. The fraction of sp³-hybridized carbons (Fsp3) is 0.435. The van der Waals surface area contributed by atoms with E-state index in [0.29, 0.717) is 43.6 Å². The highest BCUT2D eigenvalue weighted by Crippen LogP contribution is 2.30. The number of aromatic carboxylic acids is 1. The number of aliphatic hydroxyl groups is 1. The summed E-state index contributed by atoms with van der Waals surface area (Å²) in [5.74, 6) is -0.184. The van der Waals surface area contributed by atoms with E-state index in [1.807, 2.05) is 30.3 Å². The maximum Gasteiger partial charge on any atom is 0.339 e. The third-order valence-corrected chi connectivity index (χ3v) is 4.73. The van der Waals surface area contributed by atoms with Gasteiger partial charge in [0.1, 0.15) is 17.1 Å². The minimum atomic E-state index is -1.03. The fourth-order valence-corrected chi connectivity index (χ4v) is 3.32. The Morgan fingerprint density at radius 3 is 2.41 bits per heavy atom. The molecule has 2 rings (SSSR count). The summed E-state index contributed by atoms with van der Waals surface area (Å²) in [4.78, 5) is 11.7. The quantitative estimate of drug-likeness (QED) is 0.556. The Hall–Kier alpha value is -2.57. The van der Waals surface area contributed by atoms with Crippen molar-refractivity contribution in [3.05, 3.63) is 59.2 Å². The lowest BCUT2D eigenvalue weighted by molar-refractivity contribution is 0.00227. The van der Waals surface area contributed by atoms with Crippen LogP contribution in [0.5, 0.6) is 11.5 Å². The number of ether oxygens (including phenoxy) is 3. The lowest BCUT2D eigenvalue weighted by Crippen LogP contribution is -2.19. The summed E-state index contributed by atoms with van der Waals surface area (Å²) < 4.78 is 16.5. The molecule has 2 N–H and O–H groups in total. The van der Waals surface area contributed by atoms with Crippen LogP contribution in [-0.4, -0.2) is 42.6 Å². The van der Waals surface area contributed by atoms with Crippen LogP contribution in [0.2, 0.25) is 0 Å². The van der Waals surface area contributed by atoms with Gasteiger partial charge in [0.05, 0.1) is 33.0 Å². The van der Waals surface area contributed by atoms with Crippen molar-refractivity contribution < 1.29 is 29.2 Å². The third kappa shape index (κ3) is 7.07. The normalized spacial score (nSPS) is 13.0. The molecular weight excluding hydrogens is 372 g/mol. The van der Waals surface area contributed by atoms with E-state index < -0.39 is 12.1 Å². The Kier molecular flexibility index (Phi) is 8.96. The Balaban J connectivity index is 2.04. The first-order valence-electron chi connectivity index (χ1n) is 9.76. The molecule has 0 amide bonds. The number of aliphatic hydroxyl groups excluding tert-OH is 1. The third-order valence-electron chi connectivity index (χ3n) is 4.73. The van der Waals surface area contributed by atoms with E-state index in [0.717, 1.165) is 5.56 Å². The van der Waals surface area contributed by atoms with Crippen LogP contribution in [0.3, 0.4) is 0 Å². The predicted octanol–water partition coefficient (Wildman–Crippen LogP) is 4.08. The molecule has 0 saturated carbocycles. The minimum Gasteiger partial charge on any atom is -0.497 e. The highest BCUT2D eigenvalue weighted by Gasteiger charge is 2.19. The van der Waals surface area contributed by atoms with E-state index in [4.69, 9.17) is 14.2 Å². The maximum absolute atomic E-state index is 11.7. The molecule has 29 heavy (non-hydrogen) atoms. The maximum atomic E-state index is 11.7. The molecule has 2 aromatic carbocycles. The molecule has 0 spiro atoms. The highest BCUT2D eigenvalue weighted by atomic mass is 16.5. The van der Waals surface area contributed by atoms with Gasteiger partial charge in [0.2, 0.25) is 0 Å². The van der Waals surface area contributed by atoms with E-state index in [1.165, 1.54) is 14.2 Å². The van der Waals surface area contributed by atoms with Gasteiger partial charge < -0.3 is 24.4 Å². The molecule has 0 aliphatic rings. The van der Waals surface area contributed by atoms with Crippen LogP contribution < -0.4 is 9.47 Å². The van der Waals surface area contributed by atoms with Gasteiger partial charge in [-0.3, -0.25) is 0 Å². The number of benzene rings is 2. The van der Waals surface area contributed by atoms with E-state index >= 15 is 0 Å². The zero-order chi connectivity index (χ0) is 21.2. The summed E-state index contributed by atoms with van der Waals surface area (Å²) in [6.45, 7) is 2.22. The molecule has 0 fully saturated rings. The van der Waals surface area contributed by atoms with E-state index in [2.05, 4.69) is 0 Å². The first kappa shape index (κ1) is 22.7. The molecular formula is C23H30O6. The second kappa shape index (κ2) is 11.4. The van der Waals surface area contributed by atoms with Gasteiger partial charge in [-0.15, -0.1) is 0 Å². The molecule has 6 heteroatoms. The number of hydrogen-bond acceptors (Lipinski definition) is 5. The number of methoxy groups -OCH3 is 2. The van der Waals surface area contributed by atoms with Gasteiger partial charge >= 0.3 is 5.97 Å². The van der Waals surface area contributed by atoms with Gasteiger partial charge in [-0.25, -0.2) is 4.79 Å². The van der Waals surface area contributed by atoms with Crippen molar-refractivity contribution in [1.82, 2.24) is 0 Å². The van der Waals surface area contributed by atoms with E-state index in [1.54, 1.807) is 19.1 Å². The average molecular weight is 402 g/mol. The van der Waals surface area contributed by atoms with Gasteiger partial charge in [0, 0.05) is 6.07 Å². The van der Waals surface area contributed by atoms with Crippen LogP contribution >= 0.6 is 0 Å². The number of aryl methyl sites for hydroxylation is 1. The smallest absolute Gasteiger partial charge is 0.339 e. The van der Waals surface area contributed by atoms with Crippen LogP contribution in [0, 0.1) is 0 Å². The minimum absolute atomic E-state index is 0.115. The summed E-state index contributed by atoms with van der Waals surface area (Å²) in [6, 6.07) is 13.2. The molecule has 0 aliphatic carbocycles. The van der Waals surface area contributed by atoms with Gasteiger partial charge in [-0.05, 0) is 49.8 Å². The fourth-order valence-electron chi connectivity index (χ4n) is 3.32. The standard InChI is InChI=1S/C23H30O6/c1-16(24)12-19(29-15-17-8-5-4-6-9-17)11-7-10-18-13-20(27-2)14-21(28-3)22(18)23(25)26/h4-6,8-9,13-14,16,19,24H,7,10-12,15H2,1-3H3,(H,25,26)/t16-,19+/m0/s1. The van der Waals surface area contributed by atoms with Gasteiger partial charge in [0.25, 0.3) is 0 Å². The molecule has 0 aromatic heterocycles. The second-order valence-corrected chi connectivity index (χ2v) is 7.06. The van der Waals surface area contributed by atoms with E-state index in [-0.39, 0.29) is 17.4 Å². The molecule has 6 nitrogen and oxygen atoms in total. The first-order valence-corrected chi connectivity index (χ1v) is 9.76. The van der Waals surface area contributed by atoms with Gasteiger partial charge in [-0.2, -0.15) is 0 Å². The van der Waals surface area contributed by atoms with Crippen molar-refractivity contribution in [1.29, 1.82) is 0 Å². The average Bonchev–Trinajstić information content (AvgIpc) is 2.71. The molecule has 0 saturated heterocycles. The number of rotatable bonds is 12. The molecule has 2 aromatic rings. The first-order chi connectivity index (χ1) is 13.9. The Morgan fingerprint density at radius 2 is 1.83 bits per heavy atom. The van der Waals surface area contributed by atoms with Crippen molar-refractivity contribution >= 4 is 5.97 Å². The summed E-state index contributed by atoms with van der Waals surface area (Å²) >= 11 is 0. The number of carboxylic acids is 1. The van der Waals surface area contributed by atoms with Crippen LogP contribution in [0.15, 0.2) is 42.5 Å². The zero-order valence-corrected chi connectivity index (χ0v) is 17.3. The van der Waals surface area contributed by atoms with Crippen LogP contribution in [-0.2, 0) is 17.8 Å². The van der Waals surface area contributed by atoms with Gasteiger partial charge in [-0.1, -0.05) is 30.3 Å². The zero-order valence-electron chi connectivity index (χ0n) is 17.3. The molecule has 0 unspecified atom stereocenters. The van der Waals surface area contributed by atoms with Crippen molar-refractivity contribution in [3.8, 4) is 11.5 Å². The Morgan fingerprint density at radius 1 is 1.10 bits per heavy atom. The largest absolute Gasteiger partial charge is 0.497 e. The SMILES string of the molecule is COc1cc(CCC[C@H](C[C@H](C)O)OCc2ccccc2)c(C(=O)O)c(OC)c1. The molecule has 158 valence electrons. The molecule has 0 radical (unpaired) electrons. The molecule has 0 bridgehead atoms. The van der Waals surface area contributed by atoms with Crippen molar-refractivity contribution in [2.24, 2.45) is 0 Å². The number of carbonyl (C=O) groups is 1. The second-order valence-electron chi connectivity index (χ2n) is 7.06. The summed E-state index contributed by atoms with van der Waals surface area (Å²) in [6.07, 6.45) is 1.90. The lowest BCUT2D eigenvalue weighted by Gasteiger charge is -2.20. The van der Waals surface area contributed by atoms with Crippen molar-refractivity contribution in [2.75, 3.05) is 14.2 Å². The van der Waals surface area contributed by atoms with Gasteiger partial charge in [0.15, 0.2) is 0 Å². The molecule has 2 atom stereocenters. The monoisotopic (exact) mass is 402 g/mol. The Bertz CT molecular complexity index is 772. The molecule has 0 aliphatic heterocycles. The predicted molar refractivity (Wildman–Crippen MR) is 111 cm³/mol. The highest BCUT2D eigenvalue weighted by molar-refractivity contribution is 5.93. The van der Waals surface area contributed by atoms with Crippen LogP contribution in [0.1, 0.15) is 47.7 Å². The molecule has 0 heterocycles. The summed E-state index contributed by atoms with van der Waals surface area (Å²) in [5, 5.41) is 19.4. The lowest BCUT2D eigenvalue weighted by atomic mass is 9.98. The Labute approximate surface area is 172 Å².